The number of halogens is 1. The van der Waals surface area contributed by atoms with E-state index >= 15 is 0 Å². The van der Waals surface area contributed by atoms with Gasteiger partial charge in [0.05, 0.1) is 18.7 Å². The molecule has 0 radical (unpaired) electrons. The first-order chi connectivity index (χ1) is 13.2. The van der Waals surface area contributed by atoms with Crippen molar-refractivity contribution < 1.29 is 13.9 Å². The highest BCUT2D eigenvalue weighted by Crippen LogP contribution is 2.23. The number of carbonyl (C=O) groups excluding carboxylic acids is 1. The Morgan fingerprint density at radius 2 is 2.00 bits per heavy atom. The summed E-state index contributed by atoms with van der Waals surface area (Å²) in [4.78, 5) is 17.5. The second-order valence-corrected chi connectivity index (χ2v) is 6.75. The van der Waals surface area contributed by atoms with Gasteiger partial charge in [-0.25, -0.2) is 9.37 Å². The number of hydrogen-bond donors (Lipinski definition) is 1. The lowest BCUT2D eigenvalue weighted by molar-refractivity contribution is -0.116. The zero-order valence-electron chi connectivity index (χ0n) is 14.3. The summed E-state index contributed by atoms with van der Waals surface area (Å²) < 4.78 is 20.7. The van der Waals surface area contributed by atoms with Gasteiger partial charge in [-0.1, -0.05) is 24.3 Å². The van der Waals surface area contributed by atoms with Crippen molar-refractivity contribution in [2.75, 3.05) is 11.9 Å². The number of carbonyl (C=O) groups is 1. The number of fused-ring (bicyclic) bond motifs is 1. The van der Waals surface area contributed by atoms with Crippen LogP contribution in [-0.2, 0) is 4.79 Å². The Labute approximate surface area is 159 Å². The van der Waals surface area contributed by atoms with E-state index in [1.54, 1.807) is 23.5 Å². The van der Waals surface area contributed by atoms with E-state index < -0.39 is 5.82 Å². The minimum absolute atomic E-state index is 0.107. The van der Waals surface area contributed by atoms with Crippen molar-refractivity contribution in [3.05, 3.63) is 72.1 Å². The van der Waals surface area contributed by atoms with Gasteiger partial charge in [0.25, 0.3) is 0 Å². The van der Waals surface area contributed by atoms with Crippen molar-refractivity contribution in [1.29, 1.82) is 0 Å². The lowest BCUT2D eigenvalue weighted by Gasteiger charge is -2.08. The third-order valence-electron chi connectivity index (χ3n) is 3.98. The first-order valence-corrected chi connectivity index (χ1v) is 9.27. The average molecular weight is 381 g/mol. The Hall–Kier alpha value is -3.19. The van der Waals surface area contributed by atoms with Gasteiger partial charge in [-0.3, -0.25) is 9.20 Å². The van der Waals surface area contributed by atoms with E-state index in [2.05, 4.69) is 10.3 Å². The summed E-state index contributed by atoms with van der Waals surface area (Å²) in [5.74, 6) is -0.483. The number of amides is 1. The van der Waals surface area contributed by atoms with Gasteiger partial charge in [0, 0.05) is 29.0 Å². The number of benzene rings is 2. The highest BCUT2D eigenvalue weighted by molar-refractivity contribution is 7.15. The number of nitrogens with zero attached hydrogens (tertiary/aromatic N) is 2. The zero-order chi connectivity index (χ0) is 18.6. The lowest BCUT2D eigenvalue weighted by atomic mass is 10.1. The van der Waals surface area contributed by atoms with E-state index in [0.717, 1.165) is 16.2 Å². The molecular weight excluding hydrogens is 365 g/mol. The van der Waals surface area contributed by atoms with Crippen molar-refractivity contribution in [3.63, 3.8) is 0 Å². The van der Waals surface area contributed by atoms with Gasteiger partial charge in [0.2, 0.25) is 5.91 Å². The van der Waals surface area contributed by atoms with Crippen LogP contribution in [-0.4, -0.2) is 21.9 Å². The third kappa shape index (κ3) is 3.98. The molecule has 0 aliphatic carbocycles. The van der Waals surface area contributed by atoms with Crippen LogP contribution in [0.15, 0.2) is 66.3 Å². The molecule has 2 heterocycles. The molecule has 2 aromatic heterocycles. The fraction of sp³-hybridized carbons (Fsp3) is 0.100. The molecule has 136 valence electrons. The summed E-state index contributed by atoms with van der Waals surface area (Å²) in [5.41, 5.74) is 2.56. The molecule has 0 saturated heterocycles. The van der Waals surface area contributed by atoms with Gasteiger partial charge in [0.15, 0.2) is 16.5 Å². The lowest BCUT2D eigenvalue weighted by Crippen LogP contribution is -2.15. The smallest absolute Gasteiger partial charge is 0.227 e. The molecule has 0 aliphatic heterocycles. The van der Waals surface area contributed by atoms with Crippen LogP contribution in [0.25, 0.3) is 16.2 Å². The van der Waals surface area contributed by atoms with E-state index in [4.69, 9.17) is 4.74 Å². The normalized spacial score (nSPS) is 10.9. The molecule has 4 rings (SSSR count). The third-order valence-corrected chi connectivity index (χ3v) is 4.75. The van der Waals surface area contributed by atoms with Gasteiger partial charge in [-0.2, -0.15) is 0 Å². The number of aromatic nitrogens is 2. The zero-order valence-corrected chi connectivity index (χ0v) is 15.1. The van der Waals surface area contributed by atoms with Crippen LogP contribution in [0.2, 0.25) is 0 Å². The van der Waals surface area contributed by atoms with Crippen LogP contribution in [0.1, 0.15) is 6.42 Å². The average Bonchev–Trinajstić information content (AvgIpc) is 3.26. The minimum atomic E-state index is -0.437. The molecule has 5 nitrogen and oxygen atoms in total. The fourth-order valence-corrected chi connectivity index (χ4v) is 3.33. The molecule has 0 fully saturated rings. The maximum Gasteiger partial charge on any atom is 0.227 e. The molecule has 0 aliphatic rings. The van der Waals surface area contributed by atoms with Crippen molar-refractivity contribution in [2.24, 2.45) is 0 Å². The van der Waals surface area contributed by atoms with Crippen LogP contribution < -0.4 is 10.1 Å². The Bertz CT molecular complexity index is 1040. The topological polar surface area (TPSA) is 55.6 Å². The van der Waals surface area contributed by atoms with Gasteiger partial charge < -0.3 is 10.1 Å². The molecule has 0 unspecified atom stereocenters. The predicted molar refractivity (Wildman–Crippen MR) is 104 cm³/mol. The fourth-order valence-electron chi connectivity index (χ4n) is 2.63. The number of ether oxygens (including phenoxy) is 1. The maximum atomic E-state index is 13.5. The van der Waals surface area contributed by atoms with Crippen LogP contribution in [0, 0.1) is 5.82 Å². The second-order valence-electron chi connectivity index (χ2n) is 5.87. The Morgan fingerprint density at radius 3 is 2.78 bits per heavy atom. The van der Waals surface area contributed by atoms with Crippen LogP contribution in [0.5, 0.6) is 5.75 Å². The molecule has 0 saturated carbocycles. The standard InChI is InChI=1S/C20H16FN3O2S/c21-16-3-1-2-4-18(16)26-11-9-19(25)22-15-7-5-14(6-8-15)17-13-24-10-12-27-20(24)23-17/h1-8,10,12-13H,9,11H2,(H,22,25). The highest BCUT2D eigenvalue weighted by Gasteiger charge is 2.08. The molecule has 7 heteroatoms. The second kappa shape index (κ2) is 7.59. The number of thiazole rings is 1. The molecule has 2 aromatic carbocycles. The summed E-state index contributed by atoms with van der Waals surface area (Å²) in [7, 11) is 0. The first kappa shape index (κ1) is 17.2. The van der Waals surface area contributed by atoms with Crippen molar-refractivity contribution in [1.82, 2.24) is 9.38 Å². The Balaban J connectivity index is 1.32. The minimum Gasteiger partial charge on any atom is -0.490 e. The molecule has 0 bridgehead atoms. The number of imidazole rings is 1. The van der Waals surface area contributed by atoms with Crippen LogP contribution in [0.3, 0.4) is 0 Å². The SMILES string of the molecule is O=C(CCOc1ccccc1F)Nc1ccc(-c2cn3ccsc3n2)cc1. The molecule has 1 amide bonds. The van der Waals surface area contributed by atoms with Gasteiger partial charge in [-0.05, 0) is 24.3 Å². The summed E-state index contributed by atoms with van der Waals surface area (Å²) >= 11 is 1.58. The molecule has 0 atom stereocenters. The number of anilines is 1. The van der Waals surface area contributed by atoms with E-state index in [1.165, 1.54) is 12.1 Å². The predicted octanol–water partition coefficient (Wildman–Crippen LogP) is 4.61. The Kier molecular flexibility index (Phi) is 4.84. The van der Waals surface area contributed by atoms with E-state index in [9.17, 15) is 9.18 Å². The molecule has 0 spiro atoms. The quantitative estimate of drug-likeness (QED) is 0.531. The number of para-hydroxylation sites is 1. The van der Waals surface area contributed by atoms with Crippen LogP contribution in [0.4, 0.5) is 10.1 Å². The molecular formula is C20H16FN3O2S. The van der Waals surface area contributed by atoms with Crippen LogP contribution >= 0.6 is 11.3 Å². The van der Waals surface area contributed by atoms with Gasteiger partial charge >= 0.3 is 0 Å². The molecule has 1 N–H and O–H groups in total. The van der Waals surface area contributed by atoms with Crippen molar-refractivity contribution in [3.8, 4) is 17.0 Å². The molecule has 27 heavy (non-hydrogen) atoms. The van der Waals surface area contributed by atoms with Crippen molar-refractivity contribution in [2.45, 2.75) is 6.42 Å². The first-order valence-electron chi connectivity index (χ1n) is 8.39. The summed E-state index contributed by atoms with van der Waals surface area (Å²) in [6, 6.07) is 13.6. The Morgan fingerprint density at radius 1 is 1.19 bits per heavy atom. The monoisotopic (exact) mass is 381 g/mol. The maximum absolute atomic E-state index is 13.5. The van der Waals surface area contributed by atoms with E-state index in [0.29, 0.717) is 5.69 Å². The number of rotatable bonds is 6. The number of nitrogens with one attached hydrogen (secondary N) is 1. The highest BCUT2D eigenvalue weighted by atomic mass is 32.1. The van der Waals surface area contributed by atoms with Gasteiger partial charge in [0.1, 0.15) is 0 Å². The molecule has 4 aromatic rings. The summed E-state index contributed by atoms with van der Waals surface area (Å²) in [6.07, 6.45) is 4.07. The van der Waals surface area contributed by atoms with Crippen molar-refractivity contribution >= 4 is 27.9 Å². The summed E-state index contributed by atoms with van der Waals surface area (Å²) in [6.45, 7) is 0.107. The largest absolute Gasteiger partial charge is 0.490 e. The number of hydrogen-bond acceptors (Lipinski definition) is 4. The van der Waals surface area contributed by atoms with E-state index in [1.807, 2.05) is 46.4 Å². The van der Waals surface area contributed by atoms with E-state index in [-0.39, 0.29) is 24.7 Å². The summed E-state index contributed by atoms with van der Waals surface area (Å²) in [5, 5.41) is 4.79. The van der Waals surface area contributed by atoms with Gasteiger partial charge in [-0.15, -0.1) is 11.3 Å².